The molecule has 0 saturated carbocycles. The molecule has 0 amide bonds. The lowest BCUT2D eigenvalue weighted by Crippen LogP contribution is -2.10. The Morgan fingerprint density at radius 1 is 1.56 bits per heavy atom. The number of nitrogens with zero attached hydrogens (tertiary/aromatic N) is 4. The lowest BCUT2D eigenvalue weighted by molar-refractivity contribution is -0.385. The quantitative estimate of drug-likeness (QED) is 0.661. The minimum Gasteiger partial charge on any atom is -0.367 e. The van der Waals surface area contributed by atoms with Gasteiger partial charge in [0.05, 0.1) is 16.3 Å². The van der Waals surface area contributed by atoms with Gasteiger partial charge in [-0.2, -0.15) is 0 Å². The van der Waals surface area contributed by atoms with Gasteiger partial charge in [-0.3, -0.25) is 10.1 Å². The Hall–Kier alpha value is -2.15. The minimum absolute atomic E-state index is 0.125. The number of halogens is 1. The van der Waals surface area contributed by atoms with Gasteiger partial charge in [0.25, 0.3) is 5.69 Å². The molecule has 0 bridgehead atoms. The van der Waals surface area contributed by atoms with Crippen LogP contribution in [0.5, 0.6) is 0 Å². The normalized spacial score (nSPS) is 10.3. The topological polar surface area (TPSA) is 85.9 Å². The van der Waals surface area contributed by atoms with E-state index in [1.54, 1.807) is 12.5 Å². The van der Waals surface area contributed by atoms with Crippen LogP contribution >= 0.6 is 11.6 Å². The number of hydrogen-bond acceptors (Lipinski definition) is 5. The van der Waals surface area contributed by atoms with Gasteiger partial charge in [0, 0.05) is 31.5 Å². The average molecular weight is 268 g/mol. The van der Waals surface area contributed by atoms with E-state index in [-0.39, 0.29) is 10.7 Å². The molecule has 0 aliphatic carbocycles. The lowest BCUT2D eigenvalue weighted by atomic mass is 10.4. The molecule has 0 unspecified atom stereocenters. The van der Waals surface area contributed by atoms with E-state index in [9.17, 15) is 10.1 Å². The smallest absolute Gasteiger partial charge is 0.289 e. The van der Waals surface area contributed by atoms with Gasteiger partial charge < -0.3 is 9.88 Å². The lowest BCUT2D eigenvalue weighted by Gasteiger charge is -2.07. The van der Waals surface area contributed by atoms with Crippen molar-refractivity contribution in [1.82, 2.24) is 14.5 Å². The summed E-state index contributed by atoms with van der Waals surface area (Å²) in [5.74, 6) is 0.433. The van der Waals surface area contributed by atoms with E-state index in [0.717, 1.165) is 0 Å². The highest BCUT2D eigenvalue weighted by molar-refractivity contribution is 6.33. The van der Waals surface area contributed by atoms with Crippen molar-refractivity contribution in [2.75, 3.05) is 11.9 Å². The maximum absolute atomic E-state index is 10.5. The molecule has 0 aromatic carbocycles. The number of nitrogens with one attached hydrogen (secondary N) is 1. The zero-order chi connectivity index (χ0) is 13.0. The number of rotatable bonds is 5. The van der Waals surface area contributed by atoms with E-state index in [1.165, 1.54) is 12.3 Å². The van der Waals surface area contributed by atoms with Crippen molar-refractivity contribution in [2.24, 2.45) is 0 Å². The van der Waals surface area contributed by atoms with Gasteiger partial charge >= 0.3 is 0 Å². The van der Waals surface area contributed by atoms with Crippen LogP contribution in [0.4, 0.5) is 11.5 Å². The maximum Gasteiger partial charge on any atom is 0.289 e. The molecule has 0 saturated heterocycles. The molecule has 2 heterocycles. The highest BCUT2D eigenvalue weighted by Gasteiger charge is 2.10. The monoisotopic (exact) mass is 267 g/mol. The molecule has 0 aliphatic rings. The minimum atomic E-state index is -0.534. The molecule has 2 aromatic heterocycles. The van der Waals surface area contributed by atoms with Gasteiger partial charge in [-0.15, -0.1) is 0 Å². The molecule has 0 atom stereocenters. The summed E-state index contributed by atoms with van der Waals surface area (Å²) in [6.45, 7) is 1.30. The Morgan fingerprint density at radius 3 is 3.00 bits per heavy atom. The van der Waals surface area contributed by atoms with Crippen LogP contribution in [0, 0.1) is 10.1 Å². The van der Waals surface area contributed by atoms with E-state index in [4.69, 9.17) is 11.6 Å². The van der Waals surface area contributed by atoms with Crippen molar-refractivity contribution in [3.8, 4) is 0 Å². The van der Waals surface area contributed by atoms with Crippen molar-refractivity contribution in [3.63, 3.8) is 0 Å². The Labute approximate surface area is 108 Å². The highest BCUT2D eigenvalue weighted by Crippen LogP contribution is 2.23. The van der Waals surface area contributed by atoms with E-state index < -0.39 is 4.92 Å². The molecular formula is C10H10ClN5O2. The van der Waals surface area contributed by atoms with E-state index >= 15 is 0 Å². The summed E-state index contributed by atoms with van der Waals surface area (Å²) in [4.78, 5) is 17.8. The fourth-order valence-electron chi connectivity index (χ4n) is 1.38. The van der Waals surface area contributed by atoms with Gasteiger partial charge in [-0.05, 0) is 0 Å². The summed E-state index contributed by atoms with van der Waals surface area (Å²) in [6, 6.07) is 1.27. The van der Waals surface area contributed by atoms with Crippen LogP contribution < -0.4 is 5.32 Å². The van der Waals surface area contributed by atoms with E-state index in [0.29, 0.717) is 18.9 Å². The van der Waals surface area contributed by atoms with Crippen molar-refractivity contribution < 1.29 is 4.92 Å². The number of hydrogen-bond donors (Lipinski definition) is 1. The summed E-state index contributed by atoms with van der Waals surface area (Å²) >= 11 is 5.89. The molecule has 8 heteroatoms. The van der Waals surface area contributed by atoms with Crippen molar-refractivity contribution in [1.29, 1.82) is 0 Å². The second-order valence-corrected chi connectivity index (χ2v) is 3.92. The molecule has 94 valence electrons. The molecule has 0 aliphatic heterocycles. The third-order valence-corrected chi connectivity index (χ3v) is 2.55. The fraction of sp³-hybridized carbons (Fsp3) is 0.200. The van der Waals surface area contributed by atoms with Gasteiger partial charge in [-0.25, -0.2) is 9.97 Å². The largest absolute Gasteiger partial charge is 0.367 e. The van der Waals surface area contributed by atoms with Gasteiger partial charge in [0.2, 0.25) is 0 Å². The zero-order valence-electron chi connectivity index (χ0n) is 9.28. The van der Waals surface area contributed by atoms with Gasteiger partial charge in [-0.1, -0.05) is 11.6 Å². The van der Waals surface area contributed by atoms with Crippen LogP contribution in [0.2, 0.25) is 5.02 Å². The summed E-state index contributed by atoms with van der Waals surface area (Å²) < 4.78 is 1.90. The second-order valence-electron chi connectivity index (χ2n) is 3.51. The Balaban J connectivity index is 1.95. The predicted molar refractivity (Wildman–Crippen MR) is 66.6 cm³/mol. The molecule has 7 nitrogen and oxygen atoms in total. The molecular weight excluding hydrogens is 258 g/mol. The van der Waals surface area contributed by atoms with Crippen LogP contribution in [-0.4, -0.2) is 26.0 Å². The Morgan fingerprint density at radius 2 is 2.39 bits per heavy atom. The van der Waals surface area contributed by atoms with Crippen molar-refractivity contribution in [2.45, 2.75) is 6.54 Å². The first-order valence-electron chi connectivity index (χ1n) is 5.16. The summed E-state index contributed by atoms with van der Waals surface area (Å²) in [5.41, 5.74) is -0.125. The number of imidazole rings is 1. The van der Waals surface area contributed by atoms with Crippen molar-refractivity contribution in [3.05, 3.63) is 46.1 Å². The third-order valence-electron chi connectivity index (χ3n) is 2.26. The zero-order valence-corrected chi connectivity index (χ0v) is 10.0. The predicted octanol–water partition coefficient (Wildman–Crippen LogP) is 1.95. The SMILES string of the molecule is O=[N+]([O-])c1cnc(NCCn2ccnc2)c(Cl)c1. The third kappa shape index (κ3) is 2.95. The Bertz CT molecular complexity index is 543. The van der Waals surface area contributed by atoms with Crippen LogP contribution in [0.25, 0.3) is 0 Å². The second kappa shape index (κ2) is 5.46. The Kier molecular flexibility index (Phi) is 3.73. The fourth-order valence-corrected chi connectivity index (χ4v) is 1.61. The molecule has 2 aromatic rings. The first kappa shape index (κ1) is 12.3. The van der Waals surface area contributed by atoms with Crippen LogP contribution in [-0.2, 0) is 6.54 Å². The number of nitro groups is 1. The number of anilines is 1. The van der Waals surface area contributed by atoms with E-state index in [2.05, 4.69) is 15.3 Å². The first-order valence-corrected chi connectivity index (χ1v) is 5.54. The molecule has 18 heavy (non-hydrogen) atoms. The maximum atomic E-state index is 10.5. The standard InChI is InChI=1S/C10H10ClN5O2/c11-9-5-8(16(17)18)6-14-10(9)13-2-4-15-3-1-12-7-15/h1,3,5-7H,2,4H2,(H,13,14). The van der Waals surface area contributed by atoms with Crippen LogP contribution in [0.15, 0.2) is 31.0 Å². The van der Waals surface area contributed by atoms with Crippen molar-refractivity contribution >= 4 is 23.1 Å². The number of pyridine rings is 1. The highest BCUT2D eigenvalue weighted by atomic mass is 35.5. The average Bonchev–Trinajstić information content (AvgIpc) is 2.84. The summed E-state index contributed by atoms with van der Waals surface area (Å²) in [7, 11) is 0. The summed E-state index contributed by atoms with van der Waals surface area (Å²) in [5, 5.41) is 13.7. The molecule has 0 radical (unpaired) electrons. The van der Waals surface area contributed by atoms with Gasteiger partial charge in [0.1, 0.15) is 12.0 Å². The van der Waals surface area contributed by atoms with E-state index in [1.807, 2.05) is 10.8 Å². The van der Waals surface area contributed by atoms with Crippen LogP contribution in [0.3, 0.4) is 0 Å². The van der Waals surface area contributed by atoms with Crippen LogP contribution in [0.1, 0.15) is 0 Å². The molecule has 1 N–H and O–H groups in total. The van der Waals surface area contributed by atoms with Gasteiger partial charge in [0.15, 0.2) is 0 Å². The summed E-state index contributed by atoms with van der Waals surface area (Å²) in [6.07, 6.45) is 6.40. The molecule has 2 rings (SSSR count). The molecule has 0 fully saturated rings. The molecule has 0 spiro atoms. The number of aromatic nitrogens is 3. The first-order chi connectivity index (χ1) is 8.66.